The Kier molecular flexibility index (Phi) is 3.94. The number of aryl methyl sites for hydroxylation is 1. The highest BCUT2D eigenvalue weighted by Gasteiger charge is 2.12. The number of hydrogen-bond donors (Lipinski definition) is 1. The van der Waals surface area contributed by atoms with Gasteiger partial charge >= 0.3 is 0 Å². The highest BCUT2D eigenvalue weighted by atomic mass is 79.9. The number of benzene rings is 1. The Morgan fingerprint density at radius 2 is 2.24 bits per heavy atom. The first-order valence-corrected chi connectivity index (χ1v) is 6.60. The summed E-state index contributed by atoms with van der Waals surface area (Å²) in [6.45, 7) is 4.31. The Bertz CT molecular complexity index is 479. The normalized spacial score (nSPS) is 12.6. The average molecular weight is 294 g/mol. The number of rotatable bonds is 4. The Labute approximate surface area is 110 Å². The maximum Gasteiger partial charge on any atom is 0.0830 e. The van der Waals surface area contributed by atoms with Crippen LogP contribution in [0.25, 0.3) is 0 Å². The molecular formula is C13H16BrN3. The van der Waals surface area contributed by atoms with Crippen molar-refractivity contribution in [1.29, 1.82) is 0 Å². The summed E-state index contributed by atoms with van der Waals surface area (Å²) in [4.78, 5) is 0. The molecule has 2 aromatic rings. The lowest BCUT2D eigenvalue weighted by atomic mass is 9.91. The van der Waals surface area contributed by atoms with E-state index in [-0.39, 0.29) is 0 Å². The molecule has 1 unspecified atom stereocenters. The molecule has 0 radical (unpaired) electrons. The van der Waals surface area contributed by atoms with Gasteiger partial charge in [-0.3, -0.25) is 0 Å². The summed E-state index contributed by atoms with van der Waals surface area (Å²) in [5.41, 5.74) is 3.64. The van der Waals surface area contributed by atoms with Gasteiger partial charge in [-0.1, -0.05) is 35.0 Å². The van der Waals surface area contributed by atoms with Crippen LogP contribution in [-0.4, -0.2) is 15.4 Å². The summed E-state index contributed by atoms with van der Waals surface area (Å²) < 4.78 is 1.17. The van der Waals surface area contributed by atoms with Crippen molar-refractivity contribution in [2.75, 3.05) is 0 Å². The summed E-state index contributed by atoms with van der Waals surface area (Å²) in [6, 6.07) is 6.57. The van der Waals surface area contributed by atoms with Gasteiger partial charge in [0, 0.05) is 4.47 Å². The van der Waals surface area contributed by atoms with E-state index in [4.69, 9.17) is 0 Å². The minimum absolute atomic E-state index is 0.497. The monoisotopic (exact) mass is 293 g/mol. The molecule has 0 saturated heterocycles. The summed E-state index contributed by atoms with van der Waals surface area (Å²) in [6.07, 6.45) is 3.83. The first-order valence-electron chi connectivity index (χ1n) is 5.81. The molecule has 90 valence electrons. The molecule has 1 atom stereocenters. The van der Waals surface area contributed by atoms with Crippen LogP contribution in [0.15, 0.2) is 28.9 Å². The van der Waals surface area contributed by atoms with Gasteiger partial charge in [-0.2, -0.15) is 15.4 Å². The minimum atomic E-state index is 0.497. The van der Waals surface area contributed by atoms with Crippen LogP contribution >= 0.6 is 15.9 Å². The number of nitrogens with zero attached hydrogens (tertiary/aromatic N) is 2. The van der Waals surface area contributed by atoms with Crippen LogP contribution in [0.3, 0.4) is 0 Å². The van der Waals surface area contributed by atoms with E-state index < -0.39 is 0 Å². The second kappa shape index (κ2) is 5.45. The Morgan fingerprint density at radius 1 is 1.41 bits per heavy atom. The second-order valence-electron chi connectivity index (χ2n) is 4.28. The van der Waals surface area contributed by atoms with Gasteiger partial charge in [0.25, 0.3) is 0 Å². The third kappa shape index (κ3) is 2.94. The molecular weight excluding hydrogens is 278 g/mol. The van der Waals surface area contributed by atoms with E-state index in [1.807, 2.05) is 0 Å². The molecule has 2 rings (SSSR count). The van der Waals surface area contributed by atoms with Crippen LogP contribution in [0.5, 0.6) is 0 Å². The van der Waals surface area contributed by atoms with Crippen molar-refractivity contribution in [3.63, 3.8) is 0 Å². The minimum Gasteiger partial charge on any atom is -0.198 e. The van der Waals surface area contributed by atoms with Crippen LogP contribution in [0.4, 0.5) is 0 Å². The van der Waals surface area contributed by atoms with Crippen LogP contribution in [0.1, 0.15) is 36.1 Å². The third-order valence-corrected chi connectivity index (χ3v) is 3.93. The summed E-state index contributed by atoms with van der Waals surface area (Å²) in [5.74, 6) is 0.497. The van der Waals surface area contributed by atoms with Gasteiger partial charge in [-0.15, -0.1) is 0 Å². The Morgan fingerprint density at radius 3 is 2.82 bits per heavy atom. The van der Waals surface area contributed by atoms with Crippen molar-refractivity contribution < 1.29 is 0 Å². The predicted molar refractivity (Wildman–Crippen MR) is 72.0 cm³/mol. The van der Waals surface area contributed by atoms with Gasteiger partial charge < -0.3 is 0 Å². The lowest BCUT2D eigenvalue weighted by Gasteiger charge is -2.14. The van der Waals surface area contributed by atoms with Gasteiger partial charge in [0.05, 0.1) is 11.9 Å². The van der Waals surface area contributed by atoms with Gasteiger partial charge in [-0.25, -0.2) is 0 Å². The van der Waals surface area contributed by atoms with Crippen molar-refractivity contribution in [3.05, 3.63) is 45.7 Å². The largest absolute Gasteiger partial charge is 0.198 e. The van der Waals surface area contributed by atoms with E-state index in [9.17, 15) is 0 Å². The number of aromatic nitrogens is 3. The Balaban J connectivity index is 2.20. The number of hydrogen-bond acceptors (Lipinski definition) is 2. The van der Waals surface area contributed by atoms with Gasteiger partial charge in [0.2, 0.25) is 0 Å². The van der Waals surface area contributed by atoms with E-state index in [1.54, 1.807) is 6.20 Å². The summed E-state index contributed by atoms with van der Waals surface area (Å²) >= 11 is 3.59. The number of nitrogens with one attached hydrogen (secondary N) is 1. The van der Waals surface area contributed by atoms with Crippen LogP contribution in [0, 0.1) is 6.92 Å². The average Bonchev–Trinajstić information content (AvgIpc) is 2.82. The topological polar surface area (TPSA) is 41.6 Å². The molecule has 0 bridgehead atoms. The highest BCUT2D eigenvalue weighted by molar-refractivity contribution is 9.10. The van der Waals surface area contributed by atoms with E-state index in [0.717, 1.165) is 18.5 Å². The highest BCUT2D eigenvalue weighted by Crippen LogP contribution is 2.27. The third-order valence-electron chi connectivity index (χ3n) is 3.08. The van der Waals surface area contributed by atoms with Crippen molar-refractivity contribution in [3.8, 4) is 0 Å². The number of halogens is 1. The molecule has 0 spiro atoms. The molecule has 3 nitrogen and oxygen atoms in total. The van der Waals surface area contributed by atoms with Crippen molar-refractivity contribution in [2.24, 2.45) is 0 Å². The molecule has 0 aliphatic heterocycles. The van der Waals surface area contributed by atoms with Crippen molar-refractivity contribution >= 4 is 15.9 Å². The SMILES string of the molecule is CCC(Cc1cn[nH]n1)c1ccc(C)c(Br)c1. The predicted octanol–water partition coefficient (Wildman–Crippen LogP) is 3.61. The van der Waals surface area contributed by atoms with E-state index in [2.05, 4.69) is 63.4 Å². The fourth-order valence-electron chi connectivity index (χ4n) is 1.94. The molecule has 0 amide bonds. The number of aromatic amines is 1. The lowest BCUT2D eigenvalue weighted by molar-refractivity contribution is 0.647. The van der Waals surface area contributed by atoms with Gasteiger partial charge in [0.15, 0.2) is 0 Å². The van der Waals surface area contributed by atoms with Crippen LogP contribution in [-0.2, 0) is 6.42 Å². The zero-order chi connectivity index (χ0) is 12.3. The zero-order valence-electron chi connectivity index (χ0n) is 10.1. The second-order valence-corrected chi connectivity index (χ2v) is 5.13. The van der Waals surface area contributed by atoms with Crippen LogP contribution < -0.4 is 0 Å². The fourth-order valence-corrected chi connectivity index (χ4v) is 2.33. The molecule has 1 heterocycles. The molecule has 1 aromatic heterocycles. The number of H-pyrrole nitrogens is 1. The quantitative estimate of drug-likeness (QED) is 0.936. The lowest BCUT2D eigenvalue weighted by Crippen LogP contribution is -2.02. The first kappa shape index (κ1) is 12.3. The standard InChI is InChI=1S/C13H16BrN3/c1-3-10(6-12-8-15-17-16-12)11-5-4-9(2)13(14)7-11/h4-5,7-8,10H,3,6H2,1-2H3,(H,15,16,17). The van der Waals surface area contributed by atoms with E-state index >= 15 is 0 Å². The molecule has 1 aromatic carbocycles. The van der Waals surface area contributed by atoms with E-state index in [1.165, 1.54) is 15.6 Å². The Hall–Kier alpha value is -1.16. The van der Waals surface area contributed by atoms with Gasteiger partial charge in [0.1, 0.15) is 0 Å². The van der Waals surface area contributed by atoms with Gasteiger partial charge in [-0.05, 0) is 42.9 Å². The molecule has 1 N–H and O–H groups in total. The summed E-state index contributed by atoms with van der Waals surface area (Å²) in [5, 5.41) is 10.6. The first-order chi connectivity index (χ1) is 8.20. The molecule has 0 fully saturated rings. The maximum absolute atomic E-state index is 4.12. The molecule has 4 heteroatoms. The zero-order valence-corrected chi connectivity index (χ0v) is 11.7. The van der Waals surface area contributed by atoms with Crippen molar-refractivity contribution in [1.82, 2.24) is 15.4 Å². The molecule has 0 saturated carbocycles. The van der Waals surface area contributed by atoms with Crippen LogP contribution in [0.2, 0.25) is 0 Å². The van der Waals surface area contributed by atoms with Crippen molar-refractivity contribution in [2.45, 2.75) is 32.6 Å². The van der Waals surface area contributed by atoms with E-state index in [0.29, 0.717) is 5.92 Å². The smallest absolute Gasteiger partial charge is 0.0830 e. The summed E-state index contributed by atoms with van der Waals surface area (Å²) in [7, 11) is 0. The fraction of sp³-hybridized carbons (Fsp3) is 0.385. The molecule has 17 heavy (non-hydrogen) atoms. The molecule has 0 aliphatic rings. The maximum atomic E-state index is 4.12. The molecule has 0 aliphatic carbocycles.